The number of nitrogens with two attached hydrogens (primary N) is 2. The van der Waals surface area contributed by atoms with Crippen LogP contribution in [0.25, 0.3) is 22.5 Å². The maximum Gasteiger partial charge on any atom is 0.364 e. The highest BCUT2D eigenvalue weighted by Crippen LogP contribution is 2.29. The number of hydrogen-bond acceptors (Lipinski definition) is 6. The number of quaternary nitrogens is 2. The van der Waals surface area contributed by atoms with E-state index in [1.807, 2.05) is 60.7 Å². The number of halogens is 2. The predicted molar refractivity (Wildman–Crippen MR) is 128 cm³/mol. The Morgan fingerprint density at radius 3 is 1.39 bits per heavy atom. The molecule has 0 aliphatic heterocycles. The maximum atomic E-state index is 12.3. The molecular formula is C26H32Cl2N4O4. The minimum atomic E-state index is -0.519. The summed E-state index contributed by atoms with van der Waals surface area (Å²) in [4.78, 5) is 34.6. The van der Waals surface area contributed by atoms with Crippen molar-refractivity contribution in [3.8, 4) is 22.5 Å². The lowest BCUT2D eigenvalue weighted by Gasteiger charge is -2.16. The molecule has 4 N–H and O–H groups in total. The van der Waals surface area contributed by atoms with E-state index in [0.29, 0.717) is 36.2 Å². The number of esters is 2. The van der Waals surface area contributed by atoms with Crippen LogP contribution in [0.2, 0.25) is 0 Å². The monoisotopic (exact) mass is 534 g/mol. The van der Waals surface area contributed by atoms with Crippen molar-refractivity contribution in [3.63, 3.8) is 0 Å². The molecule has 0 radical (unpaired) electrons. The summed E-state index contributed by atoms with van der Waals surface area (Å²) in [6, 6.07) is 18.4. The highest BCUT2D eigenvalue weighted by molar-refractivity contribution is 5.78. The molecule has 194 valence electrons. The van der Waals surface area contributed by atoms with E-state index in [9.17, 15) is 9.59 Å². The van der Waals surface area contributed by atoms with Crippen LogP contribution >= 0.6 is 0 Å². The van der Waals surface area contributed by atoms with Crippen LogP contribution in [0.15, 0.2) is 60.7 Å². The topological polar surface area (TPSA) is 112 Å². The second-order valence-electron chi connectivity index (χ2n) is 7.84. The van der Waals surface area contributed by atoms with Crippen LogP contribution in [0.1, 0.15) is 27.7 Å². The van der Waals surface area contributed by atoms with Crippen LogP contribution < -0.4 is 35.4 Å². The van der Waals surface area contributed by atoms with E-state index in [1.54, 1.807) is 38.3 Å². The average Bonchev–Trinajstić information content (AvgIpc) is 2.85. The zero-order valence-electron chi connectivity index (χ0n) is 20.8. The summed E-state index contributed by atoms with van der Waals surface area (Å²) in [6.45, 7) is 7.69. The lowest BCUT2D eigenvalue weighted by atomic mass is 10.1. The van der Waals surface area contributed by atoms with Crippen molar-refractivity contribution < 1.29 is 54.5 Å². The molecule has 2 atom stereocenters. The highest BCUT2D eigenvalue weighted by atomic mass is 35.5. The third-order valence-electron chi connectivity index (χ3n) is 5.18. The van der Waals surface area contributed by atoms with E-state index >= 15 is 0 Å². The molecule has 0 bridgehead atoms. The number of carbonyl (C=O) groups is 2. The van der Waals surface area contributed by atoms with Crippen LogP contribution in [0.4, 0.5) is 11.6 Å². The van der Waals surface area contributed by atoms with Crippen LogP contribution in [-0.4, -0.2) is 47.2 Å². The smallest absolute Gasteiger partial charge is 0.364 e. The number of hydrogen-bond donors (Lipinski definition) is 2. The van der Waals surface area contributed by atoms with Gasteiger partial charge in [0.2, 0.25) is 0 Å². The molecule has 2 unspecified atom stereocenters. The number of carbonyl (C=O) groups excluding carboxylic acids is 2. The Labute approximate surface area is 224 Å². The van der Waals surface area contributed by atoms with Crippen molar-refractivity contribution in [2.45, 2.75) is 39.8 Å². The molecule has 0 spiro atoms. The van der Waals surface area contributed by atoms with Gasteiger partial charge >= 0.3 is 11.9 Å². The molecule has 3 rings (SSSR count). The zero-order valence-corrected chi connectivity index (χ0v) is 22.3. The first kappa shape index (κ1) is 31.0. The zero-order chi connectivity index (χ0) is 24.5. The fourth-order valence-electron chi connectivity index (χ4n) is 3.47. The van der Waals surface area contributed by atoms with Crippen LogP contribution in [-0.2, 0) is 19.1 Å². The van der Waals surface area contributed by atoms with Gasteiger partial charge in [-0.05, 0) is 27.7 Å². The van der Waals surface area contributed by atoms with Gasteiger partial charge in [-0.15, -0.1) is 4.98 Å². The molecule has 36 heavy (non-hydrogen) atoms. The Kier molecular flexibility index (Phi) is 13.0. The lowest BCUT2D eigenvalue weighted by molar-refractivity contribution is -0.608. The molecule has 0 aliphatic carbocycles. The maximum absolute atomic E-state index is 12.3. The Bertz CT molecular complexity index is 1030. The quantitative estimate of drug-likeness (QED) is 0.257. The van der Waals surface area contributed by atoms with Gasteiger partial charge in [0.05, 0.1) is 13.2 Å². The second kappa shape index (κ2) is 15.2. The van der Waals surface area contributed by atoms with Crippen LogP contribution in [0, 0.1) is 0 Å². The molecule has 0 aliphatic rings. The minimum Gasteiger partial charge on any atom is -1.00 e. The molecule has 1 aromatic heterocycles. The van der Waals surface area contributed by atoms with E-state index in [-0.39, 0.29) is 36.8 Å². The highest BCUT2D eigenvalue weighted by Gasteiger charge is 2.28. The third-order valence-corrected chi connectivity index (χ3v) is 5.18. The largest absolute Gasteiger partial charge is 1.00 e. The van der Waals surface area contributed by atoms with E-state index in [1.165, 1.54) is 0 Å². The Morgan fingerprint density at radius 1 is 0.694 bits per heavy atom. The summed E-state index contributed by atoms with van der Waals surface area (Å²) in [6.07, 6.45) is 0. The number of rotatable bonds is 10. The Morgan fingerprint density at radius 2 is 1.06 bits per heavy atom. The fourth-order valence-corrected chi connectivity index (χ4v) is 3.47. The van der Waals surface area contributed by atoms with Crippen LogP contribution in [0.5, 0.6) is 0 Å². The van der Waals surface area contributed by atoms with Crippen molar-refractivity contribution in [2.24, 2.45) is 0 Å². The number of benzene rings is 2. The Balaban J connectivity index is 0.00000324. The second-order valence-corrected chi connectivity index (χ2v) is 7.84. The van der Waals surface area contributed by atoms with E-state index in [0.717, 1.165) is 11.1 Å². The summed E-state index contributed by atoms with van der Waals surface area (Å²) < 4.78 is 10.4. The van der Waals surface area contributed by atoms with Gasteiger partial charge in [-0.1, -0.05) is 60.7 Å². The number of ether oxygens (including phenoxy) is 2. The van der Waals surface area contributed by atoms with Gasteiger partial charge in [-0.25, -0.2) is 14.6 Å². The van der Waals surface area contributed by atoms with Gasteiger partial charge in [0.1, 0.15) is 0 Å². The molecule has 3 aromatic rings. The molecular weight excluding hydrogens is 503 g/mol. The summed E-state index contributed by atoms with van der Waals surface area (Å²) >= 11 is 0. The first-order valence-electron chi connectivity index (χ1n) is 11.5. The summed E-state index contributed by atoms with van der Waals surface area (Å²) in [5.41, 5.74) is 3.05. The van der Waals surface area contributed by atoms with E-state index in [4.69, 9.17) is 19.4 Å². The third kappa shape index (κ3) is 7.99. The van der Waals surface area contributed by atoms with Gasteiger partial charge in [0, 0.05) is 11.1 Å². The molecule has 0 fully saturated rings. The summed E-state index contributed by atoms with van der Waals surface area (Å²) in [7, 11) is 0. The minimum absolute atomic E-state index is 0. The van der Waals surface area contributed by atoms with Gasteiger partial charge in [0.15, 0.2) is 23.5 Å². The molecule has 8 nitrogen and oxygen atoms in total. The molecule has 0 saturated heterocycles. The first-order chi connectivity index (χ1) is 16.4. The standard InChI is InChI=1S/C26H30N4O4.2ClH/c1-5-33-25(31)17(3)27-23-21(19-13-9-7-10-14-19)29-22(20-15-11-8-12-16-20)24(30-23)28-18(4)26(32)34-6-2;;/h7-18H,5-6H2,1-4H3,(H2,27,28,30);2*1H. The lowest BCUT2D eigenvalue weighted by Crippen LogP contribution is -3.00. The normalized spacial score (nSPS) is 11.9. The number of nitrogens with zero attached hydrogens (tertiary/aromatic N) is 2. The van der Waals surface area contributed by atoms with Gasteiger partial charge in [0.25, 0.3) is 11.6 Å². The van der Waals surface area contributed by atoms with Crippen LogP contribution in [0.3, 0.4) is 0 Å². The Hall–Kier alpha value is -3.04. The molecule has 0 amide bonds. The first-order valence-corrected chi connectivity index (χ1v) is 11.5. The SMILES string of the molecule is CCOC(=O)C(C)[NH2+]c1nc([NH2+]C(C)C(=O)OCC)c(-c2ccccc2)nc1-c1ccccc1.[Cl-].[Cl-]. The van der Waals surface area contributed by atoms with Gasteiger partial charge in [-0.2, -0.15) is 0 Å². The molecule has 1 heterocycles. The van der Waals surface area contributed by atoms with Gasteiger partial charge in [-0.3, -0.25) is 10.6 Å². The van der Waals surface area contributed by atoms with Crippen molar-refractivity contribution >= 4 is 23.6 Å². The summed E-state index contributed by atoms with van der Waals surface area (Å²) in [5, 5.41) is 3.52. The molecule has 2 aromatic carbocycles. The number of aromatic nitrogens is 2. The van der Waals surface area contributed by atoms with E-state index < -0.39 is 12.1 Å². The van der Waals surface area contributed by atoms with Gasteiger partial charge < -0.3 is 34.3 Å². The molecule has 10 heteroatoms. The van der Waals surface area contributed by atoms with Crippen molar-refractivity contribution in [2.75, 3.05) is 13.2 Å². The fraction of sp³-hybridized carbons (Fsp3) is 0.308. The van der Waals surface area contributed by atoms with Crippen molar-refractivity contribution in [3.05, 3.63) is 60.7 Å². The summed E-state index contributed by atoms with van der Waals surface area (Å²) in [5.74, 6) is 0.434. The van der Waals surface area contributed by atoms with Crippen molar-refractivity contribution in [1.82, 2.24) is 9.97 Å². The van der Waals surface area contributed by atoms with Crippen molar-refractivity contribution in [1.29, 1.82) is 0 Å². The van der Waals surface area contributed by atoms with E-state index in [2.05, 4.69) is 0 Å². The average molecular weight is 535 g/mol. The molecule has 0 saturated carbocycles. The predicted octanol–water partition coefficient (Wildman–Crippen LogP) is -3.89.